The first-order valence-corrected chi connectivity index (χ1v) is 9.06. The van der Waals surface area contributed by atoms with Gasteiger partial charge in [-0.2, -0.15) is 0 Å². The van der Waals surface area contributed by atoms with E-state index in [4.69, 9.17) is 0 Å². The standard InChI is InChI=1S/C17H13F3N2O2S2/c1-22(2)16(23)26-13-8-7-12-15(25-9-21-12)14(13)10-3-5-11(6-4-10)24-17(18,19)20/h3-9H,1-2H3. The van der Waals surface area contributed by atoms with Crippen molar-refractivity contribution < 1.29 is 22.7 Å². The van der Waals surface area contributed by atoms with Crippen molar-refractivity contribution in [2.45, 2.75) is 11.3 Å². The molecule has 9 heteroatoms. The number of alkyl halides is 3. The number of halogens is 3. The van der Waals surface area contributed by atoms with Crippen LogP contribution in [0.4, 0.5) is 18.0 Å². The van der Waals surface area contributed by atoms with Crippen LogP contribution in [-0.2, 0) is 0 Å². The van der Waals surface area contributed by atoms with Gasteiger partial charge in [0.25, 0.3) is 5.24 Å². The van der Waals surface area contributed by atoms with E-state index in [0.29, 0.717) is 10.5 Å². The van der Waals surface area contributed by atoms with Gasteiger partial charge in [-0.25, -0.2) is 4.98 Å². The first-order valence-electron chi connectivity index (χ1n) is 7.36. The summed E-state index contributed by atoms with van der Waals surface area (Å²) in [6.07, 6.45) is -4.74. The monoisotopic (exact) mass is 398 g/mol. The molecule has 1 aromatic heterocycles. The van der Waals surface area contributed by atoms with E-state index in [1.165, 1.54) is 28.4 Å². The van der Waals surface area contributed by atoms with Crippen LogP contribution in [0.3, 0.4) is 0 Å². The van der Waals surface area contributed by atoms with E-state index in [9.17, 15) is 18.0 Å². The molecule has 26 heavy (non-hydrogen) atoms. The first kappa shape index (κ1) is 18.5. The van der Waals surface area contributed by atoms with Gasteiger partial charge in [-0.15, -0.1) is 24.5 Å². The number of rotatable bonds is 3. The molecule has 0 N–H and O–H groups in total. The zero-order valence-corrected chi connectivity index (χ0v) is 15.3. The van der Waals surface area contributed by atoms with Gasteiger partial charge < -0.3 is 9.64 Å². The van der Waals surface area contributed by atoms with Gasteiger partial charge in [0.05, 0.1) is 15.7 Å². The average molecular weight is 398 g/mol. The molecule has 0 saturated heterocycles. The van der Waals surface area contributed by atoms with E-state index in [0.717, 1.165) is 27.5 Å². The van der Waals surface area contributed by atoms with Crippen LogP contribution in [0.25, 0.3) is 21.3 Å². The summed E-state index contributed by atoms with van der Waals surface area (Å²) >= 11 is 2.47. The van der Waals surface area contributed by atoms with Crippen molar-refractivity contribution in [2.75, 3.05) is 14.1 Å². The fraction of sp³-hybridized carbons (Fsp3) is 0.176. The van der Waals surface area contributed by atoms with Crippen molar-refractivity contribution >= 4 is 38.6 Å². The molecule has 3 rings (SSSR count). The number of thiazole rings is 1. The summed E-state index contributed by atoms with van der Waals surface area (Å²) < 4.78 is 41.8. The summed E-state index contributed by atoms with van der Waals surface area (Å²) in [5.74, 6) is -0.295. The zero-order valence-electron chi connectivity index (χ0n) is 13.7. The van der Waals surface area contributed by atoms with Gasteiger partial charge in [0.2, 0.25) is 0 Å². The molecule has 1 heterocycles. The highest BCUT2D eigenvalue weighted by molar-refractivity contribution is 8.13. The van der Waals surface area contributed by atoms with Crippen molar-refractivity contribution in [3.05, 3.63) is 41.9 Å². The maximum Gasteiger partial charge on any atom is 0.573 e. The molecule has 0 spiro atoms. The Bertz CT molecular complexity index is 937. The molecule has 0 bridgehead atoms. The minimum atomic E-state index is -4.74. The molecular weight excluding hydrogens is 385 g/mol. The number of hydrogen-bond donors (Lipinski definition) is 0. The molecule has 0 fully saturated rings. The third-order valence-corrected chi connectivity index (χ3v) is 5.36. The van der Waals surface area contributed by atoms with Gasteiger partial charge in [0.1, 0.15) is 5.75 Å². The molecule has 0 aliphatic heterocycles. The van der Waals surface area contributed by atoms with Gasteiger partial charge in [-0.1, -0.05) is 12.1 Å². The second-order valence-electron chi connectivity index (χ2n) is 5.47. The number of nitrogens with zero attached hydrogens (tertiary/aromatic N) is 2. The lowest BCUT2D eigenvalue weighted by Crippen LogP contribution is -2.17. The lowest BCUT2D eigenvalue weighted by atomic mass is 10.1. The van der Waals surface area contributed by atoms with Gasteiger partial charge in [0.15, 0.2) is 0 Å². The summed E-state index contributed by atoms with van der Waals surface area (Å²) in [6.45, 7) is 0. The predicted molar refractivity (Wildman–Crippen MR) is 96.7 cm³/mol. The van der Waals surface area contributed by atoms with Crippen LogP contribution in [0.15, 0.2) is 46.8 Å². The number of benzene rings is 2. The van der Waals surface area contributed by atoms with E-state index >= 15 is 0 Å². The van der Waals surface area contributed by atoms with Crippen molar-refractivity contribution in [2.24, 2.45) is 0 Å². The minimum Gasteiger partial charge on any atom is -0.406 e. The van der Waals surface area contributed by atoms with Gasteiger partial charge >= 0.3 is 6.36 Å². The largest absolute Gasteiger partial charge is 0.573 e. The summed E-state index contributed by atoms with van der Waals surface area (Å²) in [7, 11) is 3.31. The molecule has 0 radical (unpaired) electrons. The highest BCUT2D eigenvalue weighted by atomic mass is 32.2. The summed E-state index contributed by atoms with van der Waals surface area (Å²) in [6, 6.07) is 9.21. The van der Waals surface area contributed by atoms with E-state index in [1.807, 2.05) is 6.07 Å². The van der Waals surface area contributed by atoms with Crippen LogP contribution in [-0.4, -0.2) is 35.6 Å². The second-order valence-corrected chi connectivity index (χ2v) is 7.32. The maximum absolute atomic E-state index is 12.3. The maximum atomic E-state index is 12.3. The second kappa shape index (κ2) is 7.16. The molecule has 0 aliphatic rings. The van der Waals surface area contributed by atoms with Crippen LogP contribution < -0.4 is 4.74 Å². The lowest BCUT2D eigenvalue weighted by Gasteiger charge is -2.14. The van der Waals surface area contributed by atoms with Crippen molar-refractivity contribution in [3.63, 3.8) is 0 Å². The Morgan fingerprint density at radius 1 is 1.15 bits per heavy atom. The van der Waals surface area contributed by atoms with Gasteiger partial charge in [0, 0.05) is 24.6 Å². The Kier molecular flexibility index (Phi) is 5.10. The first-order chi connectivity index (χ1) is 12.2. The quantitative estimate of drug-likeness (QED) is 0.536. The summed E-state index contributed by atoms with van der Waals surface area (Å²) in [5.41, 5.74) is 3.91. The van der Waals surface area contributed by atoms with E-state index in [2.05, 4.69) is 9.72 Å². The molecule has 4 nitrogen and oxygen atoms in total. The highest BCUT2D eigenvalue weighted by Gasteiger charge is 2.31. The minimum absolute atomic E-state index is 0.146. The highest BCUT2D eigenvalue weighted by Crippen LogP contribution is 2.40. The SMILES string of the molecule is CN(C)C(=O)Sc1ccc2ncsc2c1-c1ccc(OC(F)(F)F)cc1. The summed E-state index contributed by atoms with van der Waals surface area (Å²) in [5, 5.41) is -0.146. The van der Waals surface area contributed by atoms with Crippen molar-refractivity contribution in [1.82, 2.24) is 9.88 Å². The Morgan fingerprint density at radius 2 is 1.85 bits per heavy atom. The number of carbonyl (C=O) groups excluding carboxylic acids is 1. The fourth-order valence-electron chi connectivity index (χ4n) is 2.28. The summed E-state index contributed by atoms with van der Waals surface area (Å²) in [4.78, 5) is 18.6. The van der Waals surface area contributed by atoms with Crippen LogP contribution in [0, 0.1) is 0 Å². The zero-order chi connectivity index (χ0) is 18.9. The third kappa shape index (κ3) is 4.10. The third-order valence-electron chi connectivity index (χ3n) is 3.40. The lowest BCUT2D eigenvalue weighted by molar-refractivity contribution is -0.274. The Hall–Kier alpha value is -2.26. The number of fused-ring (bicyclic) bond motifs is 1. The van der Waals surface area contributed by atoms with Crippen molar-refractivity contribution in [3.8, 4) is 16.9 Å². The van der Waals surface area contributed by atoms with Crippen molar-refractivity contribution in [1.29, 1.82) is 0 Å². The van der Waals surface area contributed by atoms with Crippen LogP contribution in [0.5, 0.6) is 5.75 Å². The number of thioether (sulfide) groups is 1. The molecule has 0 atom stereocenters. The average Bonchev–Trinajstić information content (AvgIpc) is 3.02. The van der Waals surface area contributed by atoms with Gasteiger partial charge in [-0.05, 0) is 41.6 Å². The smallest absolute Gasteiger partial charge is 0.406 e. The van der Waals surface area contributed by atoms with E-state index < -0.39 is 6.36 Å². The molecule has 3 aromatic rings. The molecule has 0 unspecified atom stereocenters. The van der Waals surface area contributed by atoms with E-state index in [-0.39, 0.29) is 11.0 Å². The molecule has 0 saturated carbocycles. The molecule has 136 valence electrons. The normalized spacial score (nSPS) is 11.6. The number of carbonyl (C=O) groups is 1. The Morgan fingerprint density at radius 3 is 2.46 bits per heavy atom. The van der Waals surface area contributed by atoms with Crippen LogP contribution >= 0.6 is 23.1 Å². The molecular formula is C17H13F3N2O2S2. The number of hydrogen-bond acceptors (Lipinski definition) is 5. The number of amides is 1. The molecule has 0 aliphatic carbocycles. The topological polar surface area (TPSA) is 42.4 Å². The van der Waals surface area contributed by atoms with Crippen LogP contribution in [0.1, 0.15) is 0 Å². The number of ether oxygens (including phenoxy) is 1. The Balaban J connectivity index is 2.04. The fourth-order valence-corrected chi connectivity index (χ4v) is 4.03. The van der Waals surface area contributed by atoms with Gasteiger partial charge in [-0.3, -0.25) is 4.79 Å². The predicted octanol–water partition coefficient (Wildman–Crippen LogP) is 5.64. The van der Waals surface area contributed by atoms with Crippen LogP contribution in [0.2, 0.25) is 0 Å². The molecule has 1 amide bonds. The molecule has 2 aromatic carbocycles. The van der Waals surface area contributed by atoms with E-state index in [1.54, 1.807) is 37.8 Å². The Labute approximate surface area is 155 Å². The number of aromatic nitrogens is 1.